The van der Waals surface area contributed by atoms with E-state index in [0.717, 1.165) is 6.07 Å². The van der Waals surface area contributed by atoms with Gasteiger partial charge in [-0.05, 0) is 17.5 Å². The second kappa shape index (κ2) is 7.29. The molecule has 0 aromatic heterocycles. The molecule has 0 bridgehead atoms. The van der Waals surface area contributed by atoms with E-state index in [9.17, 15) is 22.8 Å². The Kier molecular flexibility index (Phi) is 5.96. The number of nitrogens with one attached hydrogen (secondary N) is 2. The van der Waals surface area contributed by atoms with Crippen LogP contribution in [0.1, 0.15) is 37.6 Å². The summed E-state index contributed by atoms with van der Waals surface area (Å²) in [6, 6.07) is 1.54. The molecule has 4 nitrogen and oxygen atoms in total. The monoisotopic (exact) mass is 316 g/mol. The third-order valence-corrected chi connectivity index (χ3v) is 2.70. The van der Waals surface area contributed by atoms with Gasteiger partial charge in [0, 0.05) is 19.5 Å². The Hall–Kier alpha value is -2.05. The highest BCUT2D eigenvalue weighted by Gasteiger charge is 2.19. The summed E-state index contributed by atoms with van der Waals surface area (Å²) in [5.74, 6) is -5.62. The van der Waals surface area contributed by atoms with E-state index in [1.807, 2.05) is 20.8 Å². The van der Waals surface area contributed by atoms with Crippen LogP contribution < -0.4 is 10.6 Å². The molecule has 0 aliphatic rings. The molecule has 0 heterocycles. The zero-order chi connectivity index (χ0) is 16.9. The minimum absolute atomic E-state index is 0.0488. The largest absolute Gasteiger partial charge is 0.354 e. The summed E-state index contributed by atoms with van der Waals surface area (Å²) in [5, 5.41) is 4.92. The van der Waals surface area contributed by atoms with Crippen LogP contribution in [0.4, 0.5) is 13.2 Å². The first-order chi connectivity index (χ1) is 10.1. The van der Waals surface area contributed by atoms with E-state index in [0.29, 0.717) is 12.5 Å². The van der Waals surface area contributed by atoms with E-state index in [-0.39, 0.29) is 24.4 Å². The first kappa shape index (κ1) is 18.0. The molecular formula is C15H19F3N2O2. The van der Waals surface area contributed by atoms with Crippen molar-refractivity contribution < 1.29 is 22.8 Å². The third-order valence-electron chi connectivity index (χ3n) is 2.70. The number of halogens is 3. The van der Waals surface area contributed by atoms with Crippen LogP contribution in [0.25, 0.3) is 0 Å². The molecule has 0 radical (unpaired) electrons. The van der Waals surface area contributed by atoms with Crippen LogP contribution in [0.3, 0.4) is 0 Å². The molecule has 0 unspecified atom stereocenters. The Labute approximate surface area is 127 Å². The predicted octanol–water partition coefficient (Wildman–Crippen LogP) is 2.39. The van der Waals surface area contributed by atoms with Crippen molar-refractivity contribution in [1.29, 1.82) is 0 Å². The van der Waals surface area contributed by atoms with Gasteiger partial charge in [-0.2, -0.15) is 0 Å². The molecule has 1 rings (SSSR count). The van der Waals surface area contributed by atoms with E-state index in [1.54, 1.807) is 0 Å². The van der Waals surface area contributed by atoms with Crippen LogP contribution in [0.2, 0.25) is 0 Å². The second-order valence-electron chi connectivity index (χ2n) is 6.07. The van der Waals surface area contributed by atoms with Gasteiger partial charge in [-0.25, -0.2) is 13.2 Å². The molecule has 7 heteroatoms. The summed E-state index contributed by atoms with van der Waals surface area (Å²) in [6.07, 6.45) is 0.332. The Morgan fingerprint density at radius 2 is 1.59 bits per heavy atom. The predicted molar refractivity (Wildman–Crippen MR) is 75.7 cm³/mol. The molecule has 122 valence electrons. The highest BCUT2D eigenvalue weighted by Crippen LogP contribution is 2.17. The highest BCUT2D eigenvalue weighted by molar-refractivity contribution is 5.94. The molecule has 2 N–H and O–H groups in total. The molecule has 1 aromatic rings. The van der Waals surface area contributed by atoms with Gasteiger partial charge in [-0.3, -0.25) is 9.59 Å². The fourth-order valence-corrected chi connectivity index (χ4v) is 1.72. The van der Waals surface area contributed by atoms with Gasteiger partial charge in [0.05, 0.1) is 5.56 Å². The lowest BCUT2D eigenvalue weighted by Crippen LogP contribution is -2.36. The minimum atomic E-state index is -1.69. The molecule has 0 saturated heterocycles. The summed E-state index contributed by atoms with van der Waals surface area (Å²) in [5.41, 5.74) is -0.734. The maximum Gasteiger partial charge on any atom is 0.254 e. The van der Waals surface area contributed by atoms with Crippen molar-refractivity contribution in [2.45, 2.75) is 27.2 Å². The van der Waals surface area contributed by atoms with Crippen LogP contribution >= 0.6 is 0 Å². The van der Waals surface area contributed by atoms with Gasteiger partial charge in [0.15, 0.2) is 17.5 Å². The molecule has 1 aromatic carbocycles. The summed E-state index contributed by atoms with van der Waals surface area (Å²) in [6.45, 7) is 5.96. The van der Waals surface area contributed by atoms with Crippen molar-refractivity contribution in [3.63, 3.8) is 0 Å². The van der Waals surface area contributed by atoms with Crippen molar-refractivity contribution >= 4 is 11.8 Å². The average Bonchev–Trinajstić information content (AvgIpc) is 2.39. The maximum absolute atomic E-state index is 13.4. The van der Waals surface area contributed by atoms with Gasteiger partial charge in [0.2, 0.25) is 5.91 Å². The van der Waals surface area contributed by atoms with Gasteiger partial charge >= 0.3 is 0 Å². The molecule has 0 saturated carbocycles. The topological polar surface area (TPSA) is 58.2 Å². The number of rotatable bonds is 5. The molecule has 0 spiro atoms. The van der Waals surface area contributed by atoms with Gasteiger partial charge in [-0.15, -0.1) is 0 Å². The summed E-state index contributed by atoms with van der Waals surface area (Å²) < 4.78 is 39.2. The van der Waals surface area contributed by atoms with Crippen molar-refractivity contribution in [3.8, 4) is 0 Å². The van der Waals surface area contributed by atoms with Gasteiger partial charge in [0.25, 0.3) is 5.91 Å². The minimum Gasteiger partial charge on any atom is -0.354 e. The lowest BCUT2D eigenvalue weighted by atomic mass is 9.92. The molecule has 2 amide bonds. The lowest BCUT2D eigenvalue weighted by molar-refractivity contribution is -0.122. The zero-order valence-electron chi connectivity index (χ0n) is 12.7. The van der Waals surface area contributed by atoms with Crippen LogP contribution in [0, 0.1) is 22.9 Å². The zero-order valence-corrected chi connectivity index (χ0v) is 12.7. The van der Waals surface area contributed by atoms with E-state index in [4.69, 9.17) is 0 Å². The molecular weight excluding hydrogens is 297 g/mol. The molecule has 0 atom stereocenters. The molecule has 22 heavy (non-hydrogen) atoms. The number of benzene rings is 1. The van der Waals surface area contributed by atoms with Gasteiger partial charge in [0.1, 0.15) is 0 Å². The summed E-state index contributed by atoms with van der Waals surface area (Å²) in [7, 11) is 0. The number of hydrogen-bond acceptors (Lipinski definition) is 2. The number of carbonyl (C=O) groups is 2. The lowest BCUT2D eigenvalue weighted by Gasteiger charge is -2.17. The van der Waals surface area contributed by atoms with Gasteiger partial charge in [-0.1, -0.05) is 20.8 Å². The second-order valence-corrected chi connectivity index (χ2v) is 6.07. The van der Waals surface area contributed by atoms with E-state index in [2.05, 4.69) is 10.6 Å². The smallest absolute Gasteiger partial charge is 0.254 e. The first-order valence-corrected chi connectivity index (χ1v) is 6.80. The van der Waals surface area contributed by atoms with Crippen LogP contribution in [0.15, 0.2) is 12.1 Å². The van der Waals surface area contributed by atoms with Crippen molar-refractivity contribution in [2.75, 3.05) is 13.1 Å². The Morgan fingerprint density at radius 1 is 1.00 bits per heavy atom. The fraction of sp³-hybridized carbons (Fsp3) is 0.467. The third kappa shape index (κ3) is 5.38. The van der Waals surface area contributed by atoms with Crippen molar-refractivity contribution in [3.05, 3.63) is 35.1 Å². The SMILES string of the molecule is CC(C)(C)CC(=O)NCCNC(=O)c1ccc(F)c(F)c1F. The highest BCUT2D eigenvalue weighted by atomic mass is 19.2. The van der Waals surface area contributed by atoms with Crippen LogP contribution in [-0.4, -0.2) is 24.9 Å². The first-order valence-electron chi connectivity index (χ1n) is 6.80. The maximum atomic E-state index is 13.4. The van der Waals surface area contributed by atoms with Crippen molar-refractivity contribution in [1.82, 2.24) is 10.6 Å². The number of hydrogen-bond donors (Lipinski definition) is 2. The van der Waals surface area contributed by atoms with Crippen molar-refractivity contribution in [2.24, 2.45) is 5.41 Å². The van der Waals surface area contributed by atoms with E-state index in [1.165, 1.54) is 0 Å². The quantitative estimate of drug-likeness (QED) is 0.647. The number of carbonyl (C=O) groups excluding carboxylic acids is 2. The Morgan fingerprint density at radius 3 is 2.18 bits per heavy atom. The van der Waals surface area contributed by atoms with Gasteiger partial charge < -0.3 is 10.6 Å². The van der Waals surface area contributed by atoms with Crippen LogP contribution in [-0.2, 0) is 4.79 Å². The number of amides is 2. The molecule has 0 aliphatic heterocycles. The normalized spacial score (nSPS) is 11.2. The average molecular weight is 316 g/mol. The summed E-state index contributed by atoms with van der Waals surface area (Å²) >= 11 is 0. The fourth-order valence-electron chi connectivity index (χ4n) is 1.72. The van der Waals surface area contributed by atoms with Crippen LogP contribution in [0.5, 0.6) is 0 Å². The van der Waals surface area contributed by atoms with E-state index >= 15 is 0 Å². The van der Waals surface area contributed by atoms with E-state index < -0.39 is 28.9 Å². The Balaban J connectivity index is 2.45. The molecule has 0 fully saturated rings. The molecule has 0 aliphatic carbocycles. The summed E-state index contributed by atoms with van der Waals surface area (Å²) in [4.78, 5) is 23.2. The Bertz CT molecular complexity index is 569. The standard InChI is InChI=1S/C15H19F3N2O2/c1-15(2,3)8-11(21)19-6-7-20-14(22)9-4-5-10(16)13(18)12(9)17/h4-5H,6-8H2,1-3H3,(H,19,21)(H,20,22).